The third kappa shape index (κ3) is 2.59. The number of aryl methyl sites for hydroxylation is 2. The molecule has 1 aromatic heterocycles. The highest BCUT2D eigenvalue weighted by Gasteiger charge is 2.23. The van der Waals surface area contributed by atoms with Crippen LogP contribution in [0.4, 0.5) is 0 Å². The number of hydrogen-bond acceptors (Lipinski definition) is 5. The predicted octanol–water partition coefficient (Wildman–Crippen LogP) is 1.93. The highest BCUT2D eigenvalue weighted by Crippen LogP contribution is 2.22. The van der Waals surface area contributed by atoms with Gasteiger partial charge in [-0.2, -0.15) is 4.98 Å². The van der Waals surface area contributed by atoms with E-state index < -0.39 is 0 Å². The molecule has 1 aliphatic heterocycles. The summed E-state index contributed by atoms with van der Waals surface area (Å²) in [6, 6.07) is 6.36. The quantitative estimate of drug-likeness (QED) is 0.905. The third-order valence-corrected chi connectivity index (χ3v) is 3.88. The molecule has 0 amide bonds. The van der Waals surface area contributed by atoms with Gasteiger partial charge in [0, 0.05) is 25.2 Å². The average Bonchev–Trinajstić information content (AvgIpc) is 2.92. The smallest absolute Gasteiger partial charge is 0.245 e. The molecule has 5 nitrogen and oxygen atoms in total. The van der Waals surface area contributed by atoms with Crippen LogP contribution in [0.15, 0.2) is 22.7 Å². The van der Waals surface area contributed by atoms with Crippen LogP contribution in [0.2, 0.25) is 0 Å². The molecule has 2 aromatic rings. The summed E-state index contributed by atoms with van der Waals surface area (Å²) in [7, 11) is 2.11. The second-order valence-electron chi connectivity index (χ2n) is 5.52. The largest absolute Gasteiger partial charge is 0.337 e. The summed E-state index contributed by atoms with van der Waals surface area (Å²) >= 11 is 0. The zero-order valence-corrected chi connectivity index (χ0v) is 12.2. The van der Waals surface area contributed by atoms with Crippen LogP contribution in [0.25, 0.3) is 11.4 Å². The maximum Gasteiger partial charge on any atom is 0.245 e. The molecule has 106 valence electrons. The first-order valence-corrected chi connectivity index (χ1v) is 6.96. The Balaban J connectivity index is 1.84. The highest BCUT2D eigenvalue weighted by atomic mass is 16.5. The number of benzene rings is 1. The van der Waals surface area contributed by atoms with Gasteiger partial charge in [0.15, 0.2) is 0 Å². The molecule has 5 heteroatoms. The van der Waals surface area contributed by atoms with Crippen LogP contribution < -0.4 is 5.32 Å². The van der Waals surface area contributed by atoms with Gasteiger partial charge in [0.1, 0.15) is 6.04 Å². The van der Waals surface area contributed by atoms with E-state index in [4.69, 9.17) is 4.52 Å². The number of nitrogens with zero attached hydrogens (tertiary/aromatic N) is 3. The molecule has 1 aliphatic rings. The van der Waals surface area contributed by atoms with Crippen LogP contribution in [-0.2, 0) is 0 Å². The molecule has 0 bridgehead atoms. The number of rotatable bonds is 2. The van der Waals surface area contributed by atoms with Crippen molar-refractivity contribution in [2.45, 2.75) is 19.9 Å². The lowest BCUT2D eigenvalue weighted by Crippen LogP contribution is -2.43. The maximum atomic E-state index is 5.43. The Kier molecular flexibility index (Phi) is 3.54. The van der Waals surface area contributed by atoms with Crippen LogP contribution in [0.3, 0.4) is 0 Å². The van der Waals surface area contributed by atoms with Gasteiger partial charge in [-0.05, 0) is 38.1 Å². The molecule has 3 rings (SSSR count). The summed E-state index contributed by atoms with van der Waals surface area (Å²) in [4.78, 5) is 6.81. The summed E-state index contributed by atoms with van der Waals surface area (Å²) in [5, 5.41) is 7.53. The SMILES string of the molecule is Cc1ccc(-c2noc(C3CN(C)CCN3)n2)cc1C. The van der Waals surface area contributed by atoms with E-state index in [0.29, 0.717) is 11.7 Å². The molecule has 1 atom stereocenters. The van der Waals surface area contributed by atoms with Crippen molar-refractivity contribution in [1.29, 1.82) is 0 Å². The fraction of sp³-hybridized carbons (Fsp3) is 0.467. The van der Waals surface area contributed by atoms with Gasteiger partial charge in [0.05, 0.1) is 0 Å². The lowest BCUT2D eigenvalue weighted by molar-refractivity contribution is 0.208. The van der Waals surface area contributed by atoms with Gasteiger partial charge in [-0.3, -0.25) is 0 Å². The third-order valence-electron chi connectivity index (χ3n) is 3.88. The Morgan fingerprint density at radius 3 is 2.90 bits per heavy atom. The molecular weight excluding hydrogens is 252 g/mol. The summed E-state index contributed by atoms with van der Waals surface area (Å²) in [6.45, 7) is 7.09. The number of likely N-dealkylation sites (N-methyl/N-ethyl adjacent to an activating group) is 1. The summed E-state index contributed by atoms with van der Waals surface area (Å²) in [5.74, 6) is 1.34. The van der Waals surface area contributed by atoms with Gasteiger partial charge in [0.25, 0.3) is 0 Å². The standard InChI is InChI=1S/C15H20N4O/c1-10-4-5-12(8-11(10)2)14-17-15(20-18-14)13-9-19(3)7-6-16-13/h4-5,8,13,16H,6-7,9H2,1-3H3. The van der Waals surface area contributed by atoms with Crippen molar-refractivity contribution >= 4 is 0 Å². The maximum absolute atomic E-state index is 5.43. The normalized spacial score (nSPS) is 20.2. The molecule has 1 N–H and O–H groups in total. The Hall–Kier alpha value is -1.72. The molecular formula is C15H20N4O. The van der Waals surface area contributed by atoms with E-state index in [1.807, 2.05) is 6.07 Å². The average molecular weight is 272 g/mol. The number of nitrogens with one attached hydrogen (secondary N) is 1. The van der Waals surface area contributed by atoms with E-state index in [9.17, 15) is 0 Å². The van der Waals surface area contributed by atoms with Gasteiger partial charge < -0.3 is 14.7 Å². The van der Waals surface area contributed by atoms with Crippen LogP contribution in [0.1, 0.15) is 23.1 Å². The zero-order valence-electron chi connectivity index (χ0n) is 12.2. The van der Waals surface area contributed by atoms with E-state index in [2.05, 4.69) is 53.4 Å². The number of piperazine rings is 1. The predicted molar refractivity (Wildman–Crippen MR) is 77.4 cm³/mol. The molecule has 0 aliphatic carbocycles. The second kappa shape index (κ2) is 5.34. The minimum Gasteiger partial charge on any atom is -0.337 e. The fourth-order valence-electron chi connectivity index (χ4n) is 2.44. The van der Waals surface area contributed by atoms with Crippen LogP contribution in [-0.4, -0.2) is 41.7 Å². The van der Waals surface area contributed by atoms with Crippen molar-refractivity contribution in [3.05, 3.63) is 35.2 Å². The van der Waals surface area contributed by atoms with E-state index in [1.165, 1.54) is 11.1 Å². The van der Waals surface area contributed by atoms with Gasteiger partial charge in [0.2, 0.25) is 11.7 Å². The second-order valence-corrected chi connectivity index (χ2v) is 5.52. The van der Waals surface area contributed by atoms with Crippen LogP contribution >= 0.6 is 0 Å². The van der Waals surface area contributed by atoms with E-state index in [-0.39, 0.29) is 6.04 Å². The monoisotopic (exact) mass is 272 g/mol. The van der Waals surface area contributed by atoms with Gasteiger partial charge >= 0.3 is 0 Å². The van der Waals surface area contributed by atoms with Gasteiger partial charge in [-0.25, -0.2) is 0 Å². The molecule has 2 heterocycles. The first kappa shape index (κ1) is 13.3. The first-order valence-electron chi connectivity index (χ1n) is 6.96. The Morgan fingerprint density at radius 2 is 2.15 bits per heavy atom. The van der Waals surface area contributed by atoms with Crippen molar-refractivity contribution in [3.8, 4) is 11.4 Å². The van der Waals surface area contributed by atoms with E-state index in [0.717, 1.165) is 25.2 Å². The molecule has 1 unspecified atom stereocenters. The topological polar surface area (TPSA) is 54.2 Å². The van der Waals surface area contributed by atoms with Crippen molar-refractivity contribution in [3.63, 3.8) is 0 Å². The Bertz CT molecular complexity index is 608. The molecule has 0 saturated carbocycles. The fourth-order valence-corrected chi connectivity index (χ4v) is 2.44. The molecule has 20 heavy (non-hydrogen) atoms. The van der Waals surface area contributed by atoms with Crippen molar-refractivity contribution in [2.75, 3.05) is 26.7 Å². The van der Waals surface area contributed by atoms with Gasteiger partial charge in [-0.1, -0.05) is 17.3 Å². The number of hydrogen-bond donors (Lipinski definition) is 1. The summed E-state index contributed by atoms with van der Waals surface area (Å²) in [6.07, 6.45) is 0. The molecule has 0 spiro atoms. The summed E-state index contributed by atoms with van der Waals surface area (Å²) < 4.78 is 5.43. The summed E-state index contributed by atoms with van der Waals surface area (Å²) in [5.41, 5.74) is 3.52. The highest BCUT2D eigenvalue weighted by molar-refractivity contribution is 5.56. The minimum atomic E-state index is 0.126. The molecule has 0 radical (unpaired) electrons. The Morgan fingerprint density at radius 1 is 1.30 bits per heavy atom. The van der Waals surface area contributed by atoms with Crippen LogP contribution in [0, 0.1) is 13.8 Å². The van der Waals surface area contributed by atoms with E-state index in [1.54, 1.807) is 0 Å². The van der Waals surface area contributed by atoms with Gasteiger partial charge in [-0.15, -0.1) is 0 Å². The zero-order chi connectivity index (χ0) is 14.1. The van der Waals surface area contributed by atoms with E-state index >= 15 is 0 Å². The molecule has 1 saturated heterocycles. The van der Waals surface area contributed by atoms with Crippen LogP contribution in [0.5, 0.6) is 0 Å². The van der Waals surface area contributed by atoms with Crippen molar-refractivity contribution < 1.29 is 4.52 Å². The first-order chi connectivity index (χ1) is 9.63. The molecule has 1 aromatic carbocycles. The minimum absolute atomic E-state index is 0.126. The Labute approximate surface area is 119 Å². The lowest BCUT2D eigenvalue weighted by atomic mass is 10.1. The lowest BCUT2D eigenvalue weighted by Gasteiger charge is -2.28. The molecule has 1 fully saturated rings. The number of aromatic nitrogens is 2. The van der Waals surface area contributed by atoms with Crippen molar-refractivity contribution in [2.24, 2.45) is 0 Å². The van der Waals surface area contributed by atoms with Crippen molar-refractivity contribution in [1.82, 2.24) is 20.4 Å².